The monoisotopic (exact) mass is 279 g/mol. The lowest BCUT2D eigenvalue weighted by atomic mass is 9.62. The first kappa shape index (κ1) is 14.3. The molecule has 1 saturated carbocycles. The molecule has 1 fully saturated rings. The van der Waals surface area contributed by atoms with Gasteiger partial charge in [0.25, 0.3) is 0 Å². The van der Waals surface area contributed by atoms with Crippen LogP contribution in [-0.4, -0.2) is 25.5 Å². The van der Waals surface area contributed by atoms with Crippen LogP contribution >= 0.6 is 0 Å². The van der Waals surface area contributed by atoms with Gasteiger partial charge in [-0.2, -0.15) is 0 Å². The molecule has 2 aromatic carbocycles. The Balaban J connectivity index is 1.80. The zero-order chi connectivity index (χ0) is 14.7. The van der Waals surface area contributed by atoms with E-state index in [1.807, 2.05) is 0 Å². The van der Waals surface area contributed by atoms with Crippen LogP contribution < -0.4 is 0 Å². The van der Waals surface area contributed by atoms with Crippen LogP contribution in [-0.2, 0) is 5.41 Å². The molecule has 2 aromatic rings. The van der Waals surface area contributed by atoms with Crippen molar-refractivity contribution in [3.8, 4) is 11.1 Å². The van der Waals surface area contributed by atoms with Gasteiger partial charge in [0.2, 0.25) is 0 Å². The highest BCUT2D eigenvalue weighted by Crippen LogP contribution is 2.46. The van der Waals surface area contributed by atoms with Crippen LogP contribution in [0.1, 0.15) is 31.2 Å². The van der Waals surface area contributed by atoms with Gasteiger partial charge < -0.3 is 4.90 Å². The van der Waals surface area contributed by atoms with Crippen molar-refractivity contribution in [1.29, 1.82) is 0 Å². The molecule has 0 aromatic heterocycles. The van der Waals surface area contributed by atoms with Crippen molar-refractivity contribution < 1.29 is 0 Å². The van der Waals surface area contributed by atoms with Gasteiger partial charge in [0, 0.05) is 0 Å². The van der Waals surface area contributed by atoms with Crippen LogP contribution in [0, 0.1) is 0 Å². The first-order chi connectivity index (χ1) is 10.2. The van der Waals surface area contributed by atoms with Crippen molar-refractivity contribution in [3.05, 3.63) is 60.2 Å². The summed E-state index contributed by atoms with van der Waals surface area (Å²) < 4.78 is 0. The highest BCUT2D eigenvalue weighted by molar-refractivity contribution is 5.63. The van der Waals surface area contributed by atoms with Crippen molar-refractivity contribution in [2.24, 2.45) is 0 Å². The van der Waals surface area contributed by atoms with E-state index in [1.54, 1.807) is 0 Å². The topological polar surface area (TPSA) is 3.24 Å². The van der Waals surface area contributed by atoms with Gasteiger partial charge in [-0.1, -0.05) is 61.0 Å². The minimum absolute atomic E-state index is 0.444. The Labute approximate surface area is 128 Å². The first-order valence-corrected chi connectivity index (χ1v) is 8.00. The summed E-state index contributed by atoms with van der Waals surface area (Å²) >= 11 is 0. The molecule has 1 nitrogen and oxygen atoms in total. The van der Waals surface area contributed by atoms with E-state index < -0.39 is 0 Å². The average Bonchev–Trinajstić information content (AvgIpc) is 2.47. The molecule has 0 spiro atoms. The second-order valence-electron chi connectivity index (χ2n) is 6.63. The summed E-state index contributed by atoms with van der Waals surface area (Å²) in [6.07, 6.45) is 5.37. The largest absolute Gasteiger partial charge is 0.309 e. The molecule has 21 heavy (non-hydrogen) atoms. The van der Waals surface area contributed by atoms with Crippen molar-refractivity contribution in [1.82, 2.24) is 4.90 Å². The molecule has 1 aliphatic carbocycles. The number of benzene rings is 2. The minimum atomic E-state index is 0.444. The normalized spacial score (nSPS) is 16.7. The standard InChI is InChI=1S/C20H25N/c1-21(2)16-15-20(13-6-14-20)19-11-9-18(10-12-19)17-7-4-3-5-8-17/h3-5,7-12H,6,13-16H2,1-2H3. The molecular formula is C20H25N. The average molecular weight is 279 g/mol. The molecule has 0 atom stereocenters. The fourth-order valence-corrected chi connectivity index (χ4v) is 3.37. The third kappa shape index (κ3) is 3.03. The Morgan fingerprint density at radius 1 is 0.857 bits per heavy atom. The van der Waals surface area contributed by atoms with Gasteiger partial charge in [-0.25, -0.2) is 0 Å². The van der Waals surface area contributed by atoms with E-state index in [0.717, 1.165) is 0 Å². The Morgan fingerprint density at radius 2 is 1.48 bits per heavy atom. The van der Waals surface area contributed by atoms with Crippen LogP contribution in [0.5, 0.6) is 0 Å². The SMILES string of the molecule is CN(C)CCC1(c2ccc(-c3ccccc3)cc2)CCC1. The molecule has 0 bridgehead atoms. The fourth-order valence-electron chi connectivity index (χ4n) is 3.37. The molecule has 0 heterocycles. The zero-order valence-electron chi connectivity index (χ0n) is 13.2. The van der Waals surface area contributed by atoms with E-state index in [0.29, 0.717) is 5.41 Å². The molecule has 110 valence electrons. The molecule has 1 aliphatic rings. The number of nitrogens with zero attached hydrogens (tertiary/aromatic N) is 1. The smallest absolute Gasteiger partial charge is 0.00163 e. The predicted octanol–water partition coefficient (Wildman–Crippen LogP) is 4.73. The lowest BCUT2D eigenvalue weighted by Crippen LogP contribution is -2.37. The van der Waals surface area contributed by atoms with Crippen LogP contribution in [0.2, 0.25) is 0 Å². The van der Waals surface area contributed by atoms with Gasteiger partial charge in [0.15, 0.2) is 0 Å². The van der Waals surface area contributed by atoms with E-state index in [1.165, 1.54) is 48.9 Å². The van der Waals surface area contributed by atoms with Crippen molar-refractivity contribution in [2.45, 2.75) is 31.1 Å². The fraction of sp³-hybridized carbons (Fsp3) is 0.400. The molecule has 1 heteroatoms. The second kappa shape index (κ2) is 6.03. The Bertz CT molecular complexity index is 565. The van der Waals surface area contributed by atoms with E-state index in [4.69, 9.17) is 0 Å². The lowest BCUT2D eigenvalue weighted by molar-refractivity contribution is 0.201. The molecule has 0 N–H and O–H groups in total. The maximum absolute atomic E-state index is 2.36. The van der Waals surface area contributed by atoms with Crippen molar-refractivity contribution in [3.63, 3.8) is 0 Å². The van der Waals surface area contributed by atoms with Gasteiger partial charge in [-0.15, -0.1) is 0 Å². The summed E-state index contributed by atoms with van der Waals surface area (Å²) in [7, 11) is 4.34. The summed E-state index contributed by atoms with van der Waals surface area (Å²) in [6.45, 7) is 1.18. The first-order valence-electron chi connectivity index (χ1n) is 8.00. The number of hydrogen-bond acceptors (Lipinski definition) is 1. The second-order valence-corrected chi connectivity index (χ2v) is 6.63. The third-order valence-electron chi connectivity index (χ3n) is 4.95. The molecule has 0 aliphatic heterocycles. The maximum Gasteiger partial charge on any atom is -0.00163 e. The Morgan fingerprint density at radius 3 is 2.00 bits per heavy atom. The maximum atomic E-state index is 2.36. The van der Waals surface area contributed by atoms with Gasteiger partial charge >= 0.3 is 0 Å². The minimum Gasteiger partial charge on any atom is -0.309 e. The summed E-state index contributed by atoms with van der Waals surface area (Å²) in [4.78, 5) is 2.30. The highest BCUT2D eigenvalue weighted by Gasteiger charge is 2.37. The van der Waals surface area contributed by atoms with E-state index in [-0.39, 0.29) is 0 Å². The molecule has 0 radical (unpaired) electrons. The molecule has 0 unspecified atom stereocenters. The van der Waals surface area contributed by atoms with E-state index in [2.05, 4.69) is 73.6 Å². The van der Waals surface area contributed by atoms with Gasteiger partial charge in [0.1, 0.15) is 0 Å². The summed E-state index contributed by atoms with van der Waals surface area (Å²) in [5, 5.41) is 0. The summed E-state index contributed by atoms with van der Waals surface area (Å²) in [5.74, 6) is 0. The third-order valence-corrected chi connectivity index (χ3v) is 4.95. The molecule has 0 amide bonds. The van der Waals surface area contributed by atoms with Crippen LogP contribution in [0.4, 0.5) is 0 Å². The van der Waals surface area contributed by atoms with Crippen LogP contribution in [0.15, 0.2) is 54.6 Å². The van der Waals surface area contributed by atoms with Gasteiger partial charge in [0.05, 0.1) is 0 Å². The zero-order valence-corrected chi connectivity index (χ0v) is 13.2. The van der Waals surface area contributed by atoms with Crippen LogP contribution in [0.25, 0.3) is 11.1 Å². The molecule has 0 saturated heterocycles. The van der Waals surface area contributed by atoms with Gasteiger partial charge in [-0.05, 0) is 62.0 Å². The predicted molar refractivity (Wildman–Crippen MR) is 90.6 cm³/mol. The number of rotatable bonds is 5. The lowest BCUT2D eigenvalue weighted by Gasteiger charge is -2.43. The Kier molecular flexibility index (Phi) is 4.12. The van der Waals surface area contributed by atoms with E-state index in [9.17, 15) is 0 Å². The van der Waals surface area contributed by atoms with Gasteiger partial charge in [-0.3, -0.25) is 0 Å². The highest BCUT2D eigenvalue weighted by atomic mass is 15.0. The Hall–Kier alpha value is -1.60. The van der Waals surface area contributed by atoms with E-state index >= 15 is 0 Å². The van der Waals surface area contributed by atoms with Crippen LogP contribution in [0.3, 0.4) is 0 Å². The molecular weight excluding hydrogens is 254 g/mol. The molecule has 3 rings (SSSR count). The van der Waals surface area contributed by atoms with Crippen molar-refractivity contribution >= 4 is 0 Å². The number of hydrogen-bond donors (Lipinski definition) is 0. The summed E-state index contributed by atoms with van der Waals surface area (Å²) in [6, 6.07) is 19.9. The quantitative estimate of drug-likeness (QED) is 0.765. The van der Waals surface area contributed by atoms with Crippen molar-refractivity contribution in [2.75, 3.05) is 20.6 Å². The summed E-state index contributed by atoms with van der Waals surface area (Å²) in [5.41, 5.74) is 4.61.